The van der Waals surface area contributed by atoms with E-state index in [4.69, 9.17) is 0 Å². The Bertz CT molecular complexity index is 375. The summed E-state index contributed by atoms with van der Waals surface area (Å²) >= 11 is 0. The fraction of sp³-hybridized carbons (Fsp3) is 0.600. The van der Waals surface area contributed by atoms with Gasteiger partial charge in [-0.2, -0.15) is 0 Å². The van der Waals surface area contributed by atoms with Crippen molar-refractivity contribution in [1.82, 2.24) is 4.90 Å². The average molecular weight is 231 g/mol. The first-order chi connectivity index (χ1) is 8.15. The van der Waals surface area contributed by atoms with Crippen LogP contribution in [0.2, 0.25) is 0 Å². The molecular formula is C15H21NO. The Kier molecular flexibility index (Phi) is 2.72. The van der Waals surface area contributed by atoms with Crippen LogP contribution in [0.25, 0.3) is 0 Å². The van der Waals surface area contributed by atoms with Crippen LogP contribution in [0.5, 0.6) is 0 Å². The third-order valence-electron chi connectivity index (χ3n) is 4.42. The molecule has 0 radical (unpaired) electrons. The number of aliphatic hydroxyl groups is 1. The number of hydrogen-bond donors (Lipinski definition) is 1. The molecule has 0 bridgehead atoms. The predicted octanol–water partition coefficient (Wildman–Crippen LogP) is 1.93. The Labute approximate surface area is 103 Å². The molecule has 2 fully saturated rings. The Morgan fingerprint density at radius 1 is 1.18 bits per heavy atom. The van der Waals surface area contributed by atoms with Crippen LogP contribution in [-0.2, 0) is 6.42 Å². The molecule has 2 nitrogen and oxygen atoms in total. The lowest BCUT2D eigenvalue weighted by Crippen LogP contribution is -2.31. The second-order valence-corrected chi connectivity index (χ2v) is 6.04. The molecular weight excluding hydrogens is 210 g/mol. The summed E-state index contributed by atoms with van der Waals surface area (Å²) in [7, 11) is 2.19. The van der Waals surface area contributed by atoms with E-state index < -0.39 is 5.60 Å². The van der Waals surface area contributed by atoms with Crippen molar-refractivity contribution in [3.63, 3.8) is 0 Å². The molecule has 0 amide bonds. The molecule has 1 aromatic carbocycles. The van der Waals surface area contributed by atoms with Gasteiger partial charge in [0.15, 0.2) is 0 Å². The van der Waals surface area contributed by atoms with Gasteiger partial charge in [0, 0.05) is 19.5 Å². The Balaban J connectivity index is 1.69. The highest BCUT2D eigenvalue weighted by atomic mass is 16.3. The normalized spacial score (nSPS) is 37.3. The van der Waals surface area contributed by atoms with Gasteiger partial charge >= 0.3 is 0 Å². The molecule has 1 aliphatic carbocycles. The molecule has 0 spiro atoms. The summed E-state index contributed by atoms with van der Waals surface area (Å²) in [5.41, 5.74) is 0.820. The van der Waals surface area contributed by atoms with Crippen molar-refractivity contribution in [1.29, 1.82) is 0 Å². The minimum Gasteiger partial charge on any atom is -0.390 e. The zero-order valence-electron chi connectivity index (χ0n) is 10.5. The van der Waals surface area contributed by atoms with Gasteiger partial charge in [-0.1, -0.05) is 30.3 Å². The van der Waals surface area contributed by atoms with Crippen LogP contribution in [0.3, 0.4) is 0 Å². The highest BCUT2D eigenvalue weighted by Gasteiger charge is 2.47. The summed E-state index contributed by atoms with van der Waals surface area (Å²) in [5, 5.41) is 10.7. The average Bonchev–Trinajstić information content (AvgIpc) is 2.72. The highest BCUT2D eigenvalue weighted by Crippen LogP contribution is 2.44. The van der Waals surface area contributed by atoms with Gasteiger partial charge in [0.1, 0.15) is 0 Å². The van der Waals surface area contributed by atoms with Crippen LogP contribution in [0, 0.1) is 11.8 Å². The number of fused-ring (bicyclic) bond motifs is 1. The molecule has 1 saturated heterocycles. The molecule has 1 saturated carbocycles. The molecule has 17 heavy (non-hydrogen) atoms. The van der Waals surface area contributed by atoms with Gasteiger partial charge in [-0.25, -0.2) is 0 Å². The fourth-order valence-corrected chi connectivity index (χ4v) is 3.82. The van der Waals surface area contributed by atoms with Gasteiger partial charge in [-0.05, 0) is 37.3 Å². The van der Waals surface area contributed by atoms with Crippen molar-refractivity contribution in [2.45, 2.75) is 24.9 Å². The van der Waals surface area contributed by atoms with Gasteiger partial charge in [-0.15, -0.1) is 0 Å². The summed E-state index contributed by atoms with van der Waals surface area (Å²) in [6.07, 6.45) is 2.79. The van der Waals surface area contributed by atoms with Crippen LogP contribution in [0.4, 0.5) is 0 Å². The van der Waals surface area contributed by atoms with Crippen molar-refractivity contribution < 1.29 is 5.11 Å². The lowest BCUT2D eigenvalue weighted by Gasteiger charge is -2.25. The van der Waals surface area contributed by atoms with Crippen LogP contribution in [-0.4, -0.2) is 35.7 Å². The zero-order valence-corrected chi connectivity index (χ0v) is 10.5. The zero-order chi connectivity index (χ0) is 11.9. The third-order valence-corrected chi connectivity index (χ3v) is 4.42. The summed E-state index contributed by atoms with van der Waals surface area (Å²) in [6.45, 7) is 2.34. The van der Waals surface area contributed by atoms with E-state index in [1.165, 1.54) is 18.7 Å². The summed E-state index contributed by atoms with van der Waals surface area (Å²) in [5.74, 6) is 1.43. The van der Waals surface area contributed by atoms with E-state index in [0.29, 0.717) is 11.8 Å². The number of nitrogens with zero attached hydrogens (tertiary/aromatic N) is 1. The molecule has 2 aliphatic rings. The molecule has 1 N–H and O–H groups in total. The van der Waals surface area contributed by atoms with E-state index in [0.717, 1.165) is 19.3 Å². The third kappa shape index (κ3) is 2.24. The topological polar surface area (TPSA) is 23.5 Å². The van der Waals surface area contributed by atoms with Crippen molar-refractivity contribution in [2.24, 2.45) is 11.8 Å². The monoisotopic (exact) mass is 231 g/mol. The molecule has 92 valence electrons. The largest absolute Gasteiger partial charge is 0.390 e. The van der Waals surface area contributed by atoms with Crippen molar-refractivity contribution in [3.8, 4) is 0 Å². The summed E-state index contributed by atoms with van der Waals surface area (Å²) in [6, 6.07) is 10.4. The molecule has 0 aromatic heterocycles. The first-order valence-electron chi connectivity index (χ1n) is 6.59. The molecule has 1 unspecified atom stereocenters. The predicted molar refractivity (Wildman–Crippen MR) is 68.8 cm³/mol. The maximum atomic E-state index is 10.7. The molecule has 1 aromatic rings. The number of hydrogen-bond acceptors (Lipinski definition) is 2. The number of rotatable bonds is 2. The Hall–Kier alpha value is -0.860. The van der Waals surface area contributed by atoms with Crippen LogP contribution in [0.1, 0.15) is 18.4 Å². The van der Waals surface area contributed by atoms with Crippen LogP contribution < -0.4 is 0 Å². The van der Waals surface area contributed by atoms with Gasteiger partial charge in [-0.3, -0.25) is 0 Å². The van der Waals surface area contributed by atoms with Crippen molar-refractivity contribution in [3.05, 3.63) is 35.9 Å². The fourth-order valence-electron chi connectivity index (χ4n) is 3.82. The maximum Gasteiger partial charge on any atom is 0.0694 e. The van der Waals surface area contributed by atoms with E-state index in [2.05, 4.69) is 36.2 Å². The molecule has 2 heteroatoms. The SMILES string of the molecule is CN1C[C@@H]2CC(O)(Cc3ccccc3)C[C@@H]2C1. The lowest BCUT2D eigenvalue weighted by atomic mass is 9.91. The Morgan fingerprint density at radius 3 is 2.35 bits per heavy atom. The second kappa shape index (κ2) is 4.11. The quantitative estimate of drug-likeness (QED) is 0.840. The van der Waals surface area contributed by atoms with Crippen LogP contribution >= 0.6 is 0 Å². The standard InChI is InChI=1S/C15H21NO/c1-16-10-13-8-15(17,9-14(13)11-16)7-12-5-3-2-4-6-12/h2-6,13-14,17H,7-11H2,1H3/t13-,14+,15?. The van der Waals surface area contributed by atoms with E-state index in [9.17, 15) is 5.11 Å². The van der Waals surface area contributed by atoms with Gasteiger partial charge in [0.25, 0.3) is 0 Å². The first-order valence-corrected chi connectivity index (χ1v) is 6.59. The van der Waals surface area contributed by atoms with Crippen molar-refractivity contribution >= 4 is 0 Å². The van der Waals surface area contributed by atoms with Gasteiger partial charge in [0.2, 0.25) is 0 Å². The molecule has 3 rings (SSSR count). The number of likely N-dealkylation sites (tertiary alicyclic amines) is 1. The van der Waals surface area contributed by atoms with E-state index >= 15 is 0 Å². The maximum absolute atomic E-state index is 10.7. The summed E-state index contributed by atoms with van der Waals surface area (Å²) < 4.78 is 0. The van der Waals surface area contributed by atoms with Crippen LogP contribution in [0.15, 0.2) is 30.3 Å². The van der Waals surface area contributed by atoms with Gasteiger partial charge < -0.3 is 10.0 Å². The minimum absolute atomic E-state index is 0.446. The smallest absolute Gasteiger partial charge is 0.0694 e. The number of benzene rings is 1. The Morgan fingerprint density at radius 2 is 1.76 bits per heavy atom. The van der Waals surface area contributed by atoms with E-state index in [-0.39, 0.29) is 0 Å². The molecule has 3 atom stereocenters. The highest BCUT2D eigenvalue weighted by molar-refractivity contribution is 5.18. The van der Waals surface area contributed by atoms with Crippen molar-refractivity contribution in [2.75, 3.05) is 20.1 Å². The molecule has 1 aliphatic heterocycles. The lowest BCUT2D eigenvalue weighted by molar-refractivity contribution is 0.0364. The van der Waals surface area contributed by atoms with E-state index in [1.54, 1.807) is 0 Å². The molecule has 1 heterocycles. The first kappa shape index (κ1) is 11.2. The van der Waals surface area contributed by atoms with E-state index in [1.807, 2.05) is 6.07 Å². The van der Waals surface area contributed by atoms with Gasteiger partial charge in [0.05, 0.1) is 5.60 Å². The summed E-state index contributed by atoms with van der Waals surface area (Å²) in [4.78, 5) is 2.40. The second-order valence-electron chi connectivity index (χ2n) is 6.04. The minimum atomic E-state index is -0.446.